The summed E-state index contributed by atoms with van der Waals surface area (Å²) in [5.41, 5.74) is 1.91. The molecule has 0 atom stereocenters. The maximum absolute atomic E-state index is 12.0. The van der Waals surface area contributed by atoms with Gasteiger partial charge in [-0.15, -0.1) is 5.10 Å². The molecule has 0 bridgehead atoms. The van der Waals surface area contributed by atoms with Crippen molar-refractivity contribution >= 4 is 23.4 Å². The molecule has 0 unspecified atom stereocenters. The molecule has 3 rings (SSSR count). The predicted octanol–water partition coefficient (Wildman–Crippen LogP) is 1.45. The third-order valence-corrected chi connectivity index (χ3v) is 4.23. The Hall–Kier alpha value is -1.63. The van der Waals surface area contributed by atoms with Crippen LogP contribution in [0, 0.1) is 13.8 Å². The van der Waals surface area contributed by atoms with Gasteiger partial charge in [0.25, 0.3) is 5.78 Å². The molecule has 0 radical (unpaired) electrons. The number of hydrogen-bond acceptors (Lipinski definition) is 5. The molecule has 0 aliphatic heterocycles. The summed E-state index contributed by atoms with van der Waals surface area (Å²) in [5.74, 6) is 1.10. The van der Waals surface area contributed by atoms with Gasteiger partial charge in [0.2, 0.25) is 11.1 Å². The fourth-order valence-corrected chi connectivity index (χ4v) is 2.84. The molecule has 7 heteroatoms. The molecule has 0 spiro atoms. The van der Waals surface area contributed by atoms with Crippen LogP contribution in [0.2, 0.25) is 0 Å². The lowest BCUT2D eigenvalue weighted by molar-refractivity contribution is -0.127. The lowest BCUT2D eigenvalue weighted by Gasteiger charge is -2.14. The normalized spacial score (nSPS) is 14.8. The summed E-state index contributed by atoms with van der Waals surface area (Å²) in [6.45, 7) is 3.90. The predicted molar refractivity (Wildman–Crippen MR) is 76.8 cm³/mol. The molecule has 0 aromatic carbocycles. The third-order valence-electron chi connectivity index (χ3n) is 3.41. The van der Waals surface area contributed by atoms with Crippen LogP contribution in [-0.2, 0) is 4.79 Å². The van der Waals surface area contributed by atoms with E-state index in [1.54, 1.807) is 4.52 Å². The van der Waals surface area contributed by atoms with Gasteiger partial charge in [-0.3, -0.25) is 4.79 Å². The topological polar surface area (TPSA) is 63.4 Å². The second-order valence-corrected chi connectivity index (χ2v) is 6.11. The largest absolute Gasteiger partial charge is 0.342 e. The summed E-state index contributed by atoms with van der Waals surface area (Å²) in [5, 5.41) is 4.98. The highest BCUT2D eigenvalue weighted by Crippen LogP contribution is 2.26. The van der Waals surface area contributed by atoms with E-state index in [0.717, 1.165) is 24.2 Å². The summed E-state index contributed by atoms with van der Waals surface area (Å²) in [7, 11) is 1.87. The van der Waals surface area contributed by atoms with Gasteiger partial charge in [0.15, 0.2) is 0 Å². The van der Waals surface area contributed by atoms with E-state index in [9.17, 15) is 4.79 Å². The first kappa shape index (κ1) is 13.4. The van der Waals surface area contributed by atoms with Gasteiger partial charge in [0, 0.05) is 24.5 Å². The number of aromatic nitrogens is 4. The average Bonchev–Trinajstić information content (AvgIpc) is 3.16. The van der Waals surface area contributed by atoms with E-state index >= 15 is 0 Å². The Bertz CT molecular complexity index is 664. The number of amides is 1. The molecule has 0 saturated heterocycles. The first-order valence-corrected chi connectivity index (χ1v) is 7.62. The second kappa shape index (κ2) is 5.05. The van der Waals surface area contributed by atoms with Gasteiger partial charge in [-0.1, -0.05) is 11.8 Å². The smallest absolute Gasteiger partial charge is 0.253 e. The minimum Gasteiger partial charge on any atom is -0.342 e. The Labute approximate surface area is 121 Å². The number of fused-ring (bicyclic) bond motifs is 1. The number of nitrogens with zero attached hydrogens (tertiary/aromatic N) is 5. The van der Waals surface area contributed by atoms with Crippen molar-refractivity contribution in [2.24, 2.45) is 0 Å². The summed E-state index contributed by atoms with van der Waals surface area (Å²) in [4.78, 5) is 22.5. The monoisotopic (exact) mass is 291 g/mol. The first-order valence-electron chi connectivity index (χ1n) is 6.64. The van der Waals surface area contributed by atoms with Crippen molar-refractivity contribution in [3.05, 3.63) is 17.5 Å². The molecule has 2 aromatic rings. The fraction of sp³-hybridized carbons (Fsp3) is 0.538. The van der Waals surface area contributed by atoms with E-state index < -0.39 is 0 Å². The quantitative estimate of drug-likeness (QED) is 0.798. The number of rotatable bonds is 4. The van der Waals surface area contributed by atoms with Gasteiger partial charge < -0.3 is 4.90 Å². The highest BCUT2D eigenvalue weighted by Gasteiger charge is 2.29. The van der Waals surface area contributed by atoms with E-state index in [1.165, 1.54) is 11.8 Å². The summed E-state index contributed by atoms with van der Waals surface area (Å²) in [6, 6.07) is 2.41. The zero-order chi connectivity index (χ0) is 14.3. The van der Waals surface area contributed by atoms with Crippen LogP contribution in [0.25, 0.3) is 5.78 Å². The minimum absolute atomic E-state index is 0.136. The third kappa shape index (κ3) is 2.63. The van der Waals surface area contributed by atoms with Gasteiger partial charge in [0.05, 0.1) is 5.75 Å². The van der Waals surface area contributed by atoms with Crippen LogP contribution in [0.1, 0.15) is 24.2 Å². The average molecular weight is 291 g/mol. The SMILES string of the molecule is Cc1cc(C)n2nc(SCC(=O)N(C)C3CC3)nc2n1. The van der Waals surface area contributed by atoms with E-state index in [4.69, 9.17) is 0 Å². The zero-order valence-corrected chi connectivity index (χ0v) is 12.6. The van der Waals surface area contributed by atoms with Crippen molar-refractivity contribution < 1.29 is 4.79 Å². The molecular weight excluding hydrogens is 274 g/mol. The summed E-state index contributed by atoms with van der Waals surface area (Å²) in [6.07, 6.45) is 2.25. The molecule has 1 saturated carbocycles. The Morgan fingerprint density at radius 1 is 1.45 bits per heavy atom. The van der Waals surface area contributed by atoms with E-state index in [1.807, 2.05) is 31.9 Å². The first-order chi connectivity index (χ1) is 9.54. The molecule has 1 fully saturated rings. The van der Waals surface area contributed by atoms with Crippen molar-refractivity contribution in [3.63, 3.8) is 0 Å². The number of hydrogen-bond donors (Lipinski definition) is 0. The highest BCUT2D eigenvalue weighted by molar-refractivity contribution is 7.99. The zero-order valence-electron chi connectivity index (χ0n) is 11.8. The van der Waals surface area contributed by atoms with Gasteiger partial charge in [0.1, 0.15) is 0 Å². The second-order valence-electron chi connectivity index (χ2n) is 5.17. The van der Waals surface area contributed by atoms with Crippen molar-refractivity contribution in [2.75, 3.05) is 12.8 Å². The molecule has 2 heterocycles. The summed E-state index contributed by atoms with van der Waals surface area (Å²) < 4.78 is 1.71. The molecule has 2 aromatic heterocycles. The minimum atomic E-state index is 0.136. The molecule has 1 aliphatic carbocycles. The Morgan fingerprint density at radius 2 is 2.20 bits per heavy atom. The molecule has 6 nitrogen and oxygen atoms in total. The number of aryl methyl sites for hydroxylation is 2. The molecular formula is C13H17N5OS. The van der Waals surface area contributed by atoms with E-state index in [2.05, 4.69) is 15.1 Å². The summed E-state index contributed by atoms with van der Waals surface area (Å²) >= 11 is 1.37. The fourth-order valence-electron chi connectivity index (χ4n) is 2.10. The van der Waals surface area contributed by atoms with E-state index in [0.29, 0.717) is 22.7 Å². The highest BCUT2D eigenvalue weighted by atomic mass is 32.2. The number of thioether (sulfide) groups is 1. The Morgan fingerprint density at radius 3 is 2.90 bits per heavy atom. The number of carbonyl (C=O) groups excluding carboxylic acids is 1. The maximum Gasteiger partial charge on any atom is 0.253 e. The van der Waals surface area contributed by atoms with Crippen molar-refractivity contribution in [2.45, 2.75) is 37.9 Å². The van der Waals surface area contributed by atoms with Crippen LogP contribution < -0.4 is 0 Å². The molecule has 1 amide bonds. The van der Waals surface area contributed by atoms with Gasteiger partial charge >= 0.3 is 0 Å². The standard InChI is InChI=1S/C13H17N5OS/c1-8-6-9(2)18-12(14-8)15-13(16-18)20-7-11(19)17(3)10-4-5-10/h6,10H,4-5,7H2,1-3H3. The number of carbonyl (C=O) groups is 1. The van der Waals surface area contributed by atoms with Crippen molar-refractivity contribution in [3.8, 4) is 0 Å². The molecule has 20 heavy (non-hydrogen) atoms. The van der Waals surface area contributed by atoms with Crippen molar-refractivity contribution in [1.29, 1.82) is 0 Å². The van der Waals surface area contributed by atoms with E-state index in [-0.39, 0.29) is 5.91 Å². The molecule has 1 aliphatic rings. The Kier molecular flexibility index (Phi) is 3.37. The van der Waals surface area contributed by atoms with Crippen LogP contribution in [0.3, 0.4) is 0 Å². The lowest BCUT2D eigenvalue weighted by atomic mass is 10.4. The van der Waals surface area contributed by atoms with Gasteiger partial charge in [-0.25, -0.2) is 9.50 Å². The Balaban J connectivity index is 1.71. The maximum atomic E-state index is 12.0. The van der Waals surface area contributed by atoms with Crippen LogP contribution >= 0.6 is 11.8 Å². The van der Waals surface area contributed by atoms with Crippen molar-refractivity contribution in [1.82, 2.24) is 24.5 Å². The van der Waals surface area contributed by atoms with Crippen LogP contribution in [-0.4, -0.2) is 49.2 Å². The molecule has 106 valence electrons. The van der Waals surface area contributed by atoms with Crippen LogP contribution in [0.15, 0.2) is 11.2 Å². The van der Waals surface area contributed by atoms with Crippen LogP contribution in [0.5, 0.6) is 0 Å². The van der Waals surface area contributed by atoms with Gasteiger partial charge in [-0.2, -0.15) is 4.98 Å². The lowest BCUT2D eigenvalue weighted by Crippen LogP contribution is -2.30. The molecule has 0 N–H and O–H groups in total. The van der Waals surface area contributed by atoms with Gasteiger partial charge in [-0.05, 0) is 32.8 Å². The van der Waals surface area contributed by atoms with Crippen LogP contribution in [0.4, 0.5) is 0 Å².